The number of thioether (sulfide) groups is 1. The van der Waals surface area contributed by atoms with Crippen LogP contribution in [0.2, 0.25) is 0 Å². The lowest BCUT2D eigenvalue weighted by Crippen LogP contribution is -1.83. The molecule has 0 atom stereocenters. The Morgan fingerprint density at radius 1 is 1.25 bits per heavy atom. The minimum Gasteiger partial charge on any atom is -0.125 e. The van der Waals surface area contributed by atoms with Gasteiger partial charge in [0.1, 0.15) is 5.49 Å². The number of rotatable bonds is 4. The summed E-state index contributed by atoms with van der Waals surface area (Å²) in [6.45, 7) is 4.63. The highest BCUT2D eigenvalue weighted by molar-refractivity contribution is 8.04. The minimum absolute atomic E-state index is 0.0887. The van der Waals surface area contributed by atoms with Gasteiger partial charge in [0, 0.05) is 7.92 Å². The molecule has 0 aromatic heterocycles. The zero-order chi connectivity index (χ0) is 6.41. The van der Waals surface area contributed by atoms with E-state index < -0.39 is 0 Å². The summed E-state index contributed by atoms with van der Waals surface area (Å²) >= 11 is 2.00. The first-order chi connectivity index (χ1) is 3.85. The molecular formula is C6H16PS+. The lowest BCUT2D eigenvalue weighted by Gasteiger charge is -2.00. The van der Waals surface area contributed by atoms with Crippen molar-refractivity contribution in [2.75, 3.05) is 24.1 Å². The molecule has 0 spiro atoms. The van der Waals surface area contributed by atoms with Gasteiger partial charge in [0.2, 0.25) is 0 Å². The third-order valence-corrected chi connectivity index (χ3v) is 6.14. The molecular weight excluding hydrogens is 135 g/mol. The Bertz CT molecular complexity index is 43.8. The van der Waals surface area contributed by atoms with Crippen molar-refractivity contribution in [1.82, 2.24) is 0 Å². The predicted molar refractivity (Wildman–Crippen MR) is 47.8 cm³/mol. The molecule has 0 aromatic rings. The zero-order valence-corrected chi connectivity index (χ0v) is 7.85. The highest BCUT2D eigenvalue weighted by atomic mass is 32.2. The quantitative estimate of drug-likeness (QED) is 0.556. The second-order valence-corrected chi connectivity index (χ2v) is 6.54. The van der Waals surface area contributed by atoms with Gasteiger partial charge in [-0.05, 0) is 20.1 Å². The third-order valence-electron chi connectivity index (χ3n) is 1.35. The van der Waals surface area contributed by atoms with E-state index in [1.54, 1.807) is 0 Å². The van der Waals surface area contributed by atoms with E-state index in [0.29, 0.717) is 0 Å². The summed E-state index contributed by atoms with van der Waals surface area (Å²) in [5, 5.41) is 0. The average molecular weight is 151 g/mol. The first-order valence-corrected chi connectivity index (χ1v) is 6.69. The average Bonchev–Trinajstić information content (AvgIpc) is 1.83. The van der Waals surface area contributed by atoms with Crippen LogP contribution in [0.3, 0.4) is 0 Å². The van der Waals surface area contributed by atoms with Crippen LogP contribution in [0.25, 0.3) is 0 Å². The van der Waals surface area contributed by atoms with Crippen molar-refractivity contribution in [3.8, 4) is 0 Å². The predicted octanol–water partition coefficient (Wildman–Crippen LogP) is 2.56. The zero-order valence-electron chi connectivity index (χ0n) is 6.03. The van der Waals surface area contributed by atoms with E-state index in [9.17, 15) is 0 Å². The van der Waals surface area contributed by atoms with Crippen LogP contribution in [-0.4, -0.2) is 24.1 Å². The van der Waals surface area contributed by atoms with Gasteiger partial charge in [-0.15, -0.1) is 11.8 Å². The van der Waals surface area contributed by atoms with E-state index in [4.69, 9.17) is 0 Å². The van der Waals surface area contributed by atoms with E-state index in [2.05, 4.69) is 20.1 Å². The van der Waals surface area contributed by atoms with Crippen LogP contribution in [0, 0.1) is 0 Å². The molecule has 0 saturated carbocycles. The third kappa shape index (κ3) is 3.74. The molecule has 0 heterocycles. The molecule has 0 aliphatic carbocycles. The van der Waals surface area contributed by atoms with Crippen molar-refractivity contribution in [2.24, 2.45) is 0 Å². The van der Waals surface area contributed by atoms with Gasteiger partial charge in [-0.2, -0.15) is 0 Å². The van der Waals surface area contributed by atoms with Crippen LogP contribution in [0.1, 0.15) is 13.8 Å². The van der Waals surface area contributed by atoms with Crippen molar-refractivity contribution < 1.29 is 0 Å². The summed E-state index contributed by atoms with van der Waals surface area (Å²) in [6.07, 6.45) is 5.10. The molecule has 2 heteroatoms. The van der Waals surface area contributed by atoms with Crippen LogP contribution in [0.15, 0.2) is 0 Å². The Kier molecular flexibility index (Phi) is 6.48. The monoisotopic (exact) mass is 151 g/mol. The van der Waals surface area contributed by atoms with Crippen molar-refractivity contribution in [3.05, 3.63) is 0 Å². The second-order valence-electron chi connectivity index (χ2n) is 1.89. The van der Waals surface area contributed by atoms with Crippen LogP contribution < -0.4 is 0 Å². The maximum absolute atomic E-state index is 2.31. The van der Waals surface area contributed by atoms with Crippen LogP contribution >= 0.6 is 19.7 Å². The van der Waals surface area contributed by atoms with Crippen molar-refractivity contribution in [1.29, 1.82) is 0 Å². The summed E-state index contributed by atoms with van der Waals surface area (Å²) in [4.78, 5) is 0. The SMILES string of the molecule is CC[PH+](CC)CSC. The standard InChI is InChI=1S/C6H15PS/c1-4-7(5-2)6-8-3/h4-6H2,1-3H3/p+1. The molecule has 0 radical (unpaired) electrons. The molecule has 0 saturated heterocycles. The van der Waals surface area contributed by atoms with Gasteiger partial charge >= 0.3 is 0 Å². The van der Waals surface area contributed by atoms with Crippen molar-refractivity contribution >= 4 is 19.7 Å². The van der Waals surface area contributed by atoms with E-state index >= 15 is 0 Å². The van der Waals surface area contributed by atoms with Gasteiger partial charge < -0.3 is 0 Å². The molecule has 0 aromatic carbocycles. The smallest absolute Gasteiger partial charge is 0.102 e. The normalized spacial score (nSPS) is 10.5. The fourth-order valence-electron chi connectivity index (χ4n) is 0.658. The fraction of sp³-hybridized carbons (Fsp3) is 1.00. The maximum Gasteiger partial charge on any atom is 0.102 e. The van der Waals surface area contributed by atoms with Crippen LogP contribution in [0.5, 0.6) is 0 Å². The van der Waals surface area contributed by atoms with Gasteiger partial charge in [-0.1, -0.05) is 0 Å². The van der Waals surface area contributed by atoms with Crippen LogP contribution in [0.4, 0.5) is 0 Å². The van der Waals surface area contributed by atoms with Gasteiger partial charge in [0.15, 0.2) is 0 Å². The van der Waals surface area contributed by atoms with Gasteiger partial charge in [-0.3, -0.25) is 0 Å². The van der Waals surface area contributed by atoms with E-state index in [0.717, 1.165) is 0 Å². The summed E-state index contributed by atoms with van der Waals surface area (Å²) in [6, 6.07) is 0. The summed E-state index contributed by atoms with van der Waals surface area (Å²) in [7, 11) is 0.0887. The number of hydrogen-bond donors (Lipinski definition) is 0. The van der Waals surface area contributed by atoms with Gasteiger partial charge in [0.05, 0.1) is 12.3 Å². The molecule has 0 nitrogen and oxygen atoms in total. The first-order valence-electron chi connectivity index (χ1n) is 3.17. The van der Waals surface area contributed by atoms with E-state index in [-0.39, 0.29) is 7.92 Å². The summed E-state index contributed by atoms with van der Waals surface area (Å²) in [5.74, 6) is 0. The molecule has 0 unspecified atom stereocenters. The Morgan fingerprint density at radius 3 is 1.88 bits per heavy atom. The van der Waals surface area contributed by atoms with Gasteiger partial charge in [-0.25, -0.2) is 0 Å². The molecule has 0 aliphatic heterocycles. The minimum atomic E-state index is 0.0887. The molecule has 0 fully saturated rings. The Balaban J connectivity index is 3.07. The van der Waals surface area contributed by atoms with Crippen molar-refractivity contribution in [2.45, 2.75) is 13.8 Å². The molecule has 0 amide bonds. The molecule has 0 bridgehead atoms. The topological polar surface area (TPSA) is 0 Å². The Morgan fingerprint density at radius 2 is 1.75 bits per heavy atom. The largest absolute Gasteiger partial charge is 0.125 e. The van der Waals surface area contributed by atoms with Gasteiger partial charge in [0.25, 0.3) is 0 Å². The Hall–Kier alpha value is 0.780. The van der Waals surface area contributed by atoms with Crippen LogP contribution in [-0.2, 0) is 0 Å². The second kappa shape index (κ2) is 5.91. The lowest BCUT2D eigenvalue weighted by molar-refractivity contribution is 1.41. The molecule has 0 N–H and O–H groups in total. The molecule has 50 valence electrons. The number of hydrogen-bond acceptors (Lipinski definition) is 1. The highest BCUT2D eigenvalue weighted by Crippen LogP contribution is 2.36. The molecule has 8 heavy (non-hydrogen) atoms. The summed E-state index contributed by atoms with van der Waals surface area (Å²) < 4.78 is 0. The van der Waals surface area contributed by atoms with E-state index in [1.165, 1.54) is 17.8 Å². The molecule has 0 rings (SSSR count). The lowest BCUT2D eigenvalue weighted by atomic mass is 11.0. The highest BCUT2D eigenvalue weighted by Gasteiger charge is 2.06. The van der Waals surface area contributed by atoms with E-state index in [1.807, 2.05) is 11.8 Å². The fourth-order valence-corrected chi connectivity index (χ4v) is 4.42. The Labute approximate surface area is 58.2 Å². The maximum atomic E-state index is 2.31. The first kappa shape index (κ1) is 8.78. The molecule has 0 aliphatic rings. The van der Waals surface area contributed by atoms with Crippen molar-refractivity contribution in [3.63, 3.8) is 0 Å². The summed E-state index contributed by atoms with van der Waals surface area (Å²) in [5.41, 5.74) is 1.44.